The number of hydrogen-bond acceptors (Lipinski definition) is 5. The molecule has 1 aromatic heterocycles. The van der Waals surface area contributed by atoms with E-state index in [0.717, 1.165) is 0 Å². The van der Waals surface area contributed by atoms with Gasteiger partial charge in [-0.3, -0.25) is 9.59 Å². The minimum absolute atomic E-state index is 0.00947. The number of nitrogens with one attached hydrogen (secondary N) is 1. The molecule has 1 saturated heterocycles. The van der Waals surface area contributed by atoms with Crippen molar-refractivity contribution in [3.63, 3.8) is 0 Å². The lowest BCUT2D eigenvalue weighted by molar-refractivity contribution is -0.136. The summed E-state index contributed by atoms with van der Waals surface area (Å²) in [5.41, 5.74) is 2.45. The zero-order valence-electron chi connectivity index (χ0n) is 17.5. The van der Waals surface area contributed by atoms with Crippen LogP contribution in [0.1, 0.15) is 49.5 Å². The molecule has 0 spiro atoms. The summed E-state index contributed by atoms with van der Waals surface area (Å²) in [4.78, 5) is 26.6. The number of carbonyl (C=O) groups excluding carboxylic acids is 2. The van der Waals surface area contributed by atoms with Crippen LogP contribution in [0.4, 0.5) is 5.82 Å². The summed E-state index contributed by atoms with van der Waals surface area (Å²) in [6.45, 7) is 9.24. The Morgan fingerprint density at radius 1 is 1.24 bits per heavy atom. The quantitative estimate of drug-likeness (QED) is 0.801. The van der Waals surface area contributed by atoms with Crippen molar-refractivity contribution in [3.8, 4) is 5.75 Å². The Kier molecular flexibility index (Phi) is 6.56. The maximum atomic E-state index is 12.5. The van der Waals surface area contributed by atoms with Gasteiger partial charge in [-0.2, -0.15) is 0 Å². The van der Waals surface area contributed by atoms with Crippen molar-refractivity contribution in [2.24, 2.45) is 5.92 Å². The highest BCUT2D eigenvalue weighted by molar-refractivity contribution is 5.91. The lowest BCUT2D eigenvalue weighted by Gasteiger charge is -2.31. The third-order valence-electron chi connectivity index (χ3n) is 5.32. The molecule has 29 heavy (non-hydrogen) atoms. The molecule has 3 rings (SSSR count). The van der Waals surface area contributed by atoms with Gasteiger partial charge in [0, 0.05) is 25.1 Å². The molecule has 1 aliphatic rings. The van der Waals surface area contributed by atoms with Crippen molar-refractivity contribution in [2.75, 3.05) is 25.0 Å². The summed E-state index contributed by atoms with van der Waals surface area (Å²) in [6.07, 6.45) is 1.24. The summed E-state index contributed by atoms with van der Waals surface area (Å²) in [5.74, 6) is 1.97. The summed E-state index contributed by atoms with van der Waals surface area (Å²) in [5, 5.41) is 6.55. The van der Waals surface area contributed by atoms with E-state index in [2.05, 4.69) is 37.3 Å². The topological polar surface area (TPSA) is 84.7 Å². The molecule has 0 unspecified atom stereocenters. The predicted octanol–water partition coefficient (Wildman–Crippen LogP) is 3.67. The van der Waals surface area contributed by atoms with E-state index in [4.69, 9.17) is 9.26 Å². The minimum atomic E-state index is -0.136. The lowest BCUT2D eigenvalue weighted by Crippen LogP contribution is -2.43. The Morgan fingerprint density at radius 3 is 2.55 bits per heavy atom. The van der Waals surface area contributed by atoms with E-state index in [1.807, 2.05) is 12.1 Å². The average molecular weight is 399 g/mol. The summed E-state index contributed by atoms with van der Waals surface area (Å²) in [6, 6.07) is 7.63. The van der Waals surface area contributed by atoms with Crippen molar-refractivity contribution in [3.05, 3.63) is 41.2 Å². The molecule has 1 N–H and O–H groups in total. The first-order valence-corrected chi connectivity index (χ1v) is 10.1. The van der Waals surface area contributed by atoms with Crippen molar-refractivity contribution in [1.82, 2.24) is 10.1 Å². The van der Waals surface area contributed by atoms with Gasteiger partial charge < -0.3 is 19.5 Å². The van der Waals surface area contributed by atoms with Gasteiger partial charge in [0.15, 0.2) is 12.4 Å². The van der Waals surface area contributed by atoms with E-state index in [-0.39, 0.29) is 24.3 Å². The van der Waals surface area contributed by atoms with Crippen LogP contribution in [-0.2, 0) is 9.59 Å². The van der Waals surface area contributed by atoms with Crippen molar-refractivity contribution in [2.45, 2.75) is 46.5 Å². The molecule has 1 aliphatic heterocycles. The van der Waals surface area contributed by atoms with Crippen LogP contribution in [0.25, 0.3) is 0 Å². The number of anilines is 1. The number of likely N-dealkylation sites (tertiary alicyclic amines) is 1. The number of aryl methyl sites for hydroxylation is 2. The molecule has 7 nitrogen and oxygen atoms in total. The Bertz CT molecular complexity index is 867. The number of carbonyl (C=O) groups is 2. The molecule has 1 fully saturated rings. The van der Waals surface area contributed by atoms with Crippen LogP contribution in [0.3, 0.4) is 0 Å². The highest BCUT2D eigenvalue weighted by Crippen LogP contribution is 2.24. The maximum absolute atomic E-state index is 12.5. The van der Waals surface area contributed by atoms with E-state index >= 15 is 0 Å². The minimum Gasteiger partial charge on any atom is -0.484 e. The summed E-state index contributed by atoms with van der Waals surface area (Å²) < 4.78 is 10.7. The van der Waals surface area contributed by atoms with Gasteiger partial charge in [-0.05, 0) is 55.9 Å². The lowest BCUT2D eigenvalue weighted by atomic mass is 9.96. The van der Waals surface area contributed by atoms with Gasteiger partial charge in [-0.1, -0.05) is 25.1 Å². The second-order valence-corrected chi connectivity index (χ2v) is 7.93. The predicted molar refractivity (Wildman–Crippen MR) is 110 cm³/mol. The fourth-order valence-electron chi connectivity index (χ4n) is 3.67. The third-order valence-corrected chi connectivity index (χ3v) is 5.32. The zero-order valence-corrected chi connectivity index (χ0v) is 17.5. The SMILES string of the molecule is Cc1cc(NC(=O)C2CCN(C(=O)COc3ccc(C(C)C)c(C)c3)CC2)no1. The number of hydrogen-bond donors (Lipinski definition) is 1. The van der Waals surface area contributed by atoms with E-state index in [1.54, 1.807) is 17.9 Å². The van der Waals surface area contributed by atoms with Gasteiger partial charge in [0.2, 0.25) is 5.91 Å². The van der Waals surface area contributed by atoms with Crippen LogP contribution in [0, 0.1) is 19.8 Å². The molecule has 0 radical (unpaired) electrons. The molecule has 0 aliphatic carbocycles. The number of aromatic nitrogens is 1. The molecular formula is C22H29N3O4. The second kappa shape index (κ2) is 9.11. The Morgan fingerprint density at radius 2 is 1.97 bits per heavy atom. The van der Waals surface area contributed by atoms with E-state index in [1.165, 1.54) is 11.1 Å². The van der Waals surface area contributed by atoms with Gasteiger partial charge in [-0.15, -0.1) is 0 Å². The van der Waals surface area contributed by atoms with E-state index in [0.29, 0.717) is 49.2 Å². The van der Waals surface area contributed by atoms with Crippen LogP contribution in [0.15, 0.2) is 28.8 Å². The smallest absolute Gasteiger partial charge is 0.260 e. The molecule has 2 heterocycles. The van der Waals surface area contributed by atoms with Crippen LogP contribution >= 0.6 is 0 Å². The highest BCUT2D eigenvalue weighted by atomic mass is 16.5. The first-order valence-electron chi connectivity index (χ1n) is 10.1. The highest BCUT2D eigenvalue weighted by Gasteiger charge is 2.28. The molecule has 0 saturated carbocycles. The molecule has 2 aromatic rings. The normalized spacial score (nSPS) is 14.9. The standard InChI is InChI=1S/C22H29N3O4/c1-14(2)19-6-5-18(11-15(19)3)28-13-21(26)25-9-7-17(8-10-25)22(27)23-20-12-16(4)29-24-20/h5-6,11-12,14,17H,7-10,13H2,1-4H3,(H,23,24,27). The number of rotatable bonds is 6. The first kappa shape index (κ1) is 20.9. The Labute approximate surface area is 171 Å². The Hall–Kier alpha value is -2.83. The summed E-state index contributed by atoms with van der Waals surface area (Å²) in [7, 11) is 0. The van der Waals surface area contributed by atoms with E-state index < -0.39 is 0 Å². The molecule has 1 aromatic carbocycles. The van der Waals surface area contributed by atoms with Gasteiger partial charge in [0.05, 0.1) is 0 Å². The van der Waals surface area contributed by atoms with Crippen LogP contribution < -0.4 is 10.1 Å². The van der Waals surface area contributed by atoms with Gasteiger partial charge in [0.1, 0.15) is 11.5 Å². The zero-order chi connectivity index (χ0) is 21.0. The van der Waals surface area contributed by atoms with Crippen molar-refractivity contribution in [1.29, 1.82) is 0 Å². The second-order valence-electron chi connectivity index (χ2n) is 7.93. The number of nitrogens with zero attached hydrogens (tertiary/aromatic N) is 2. The number of piperidine rings is 1. The van der Waals surface area contributed by atoms with Gasteiger partial charge in [0.25, 0.3) is 5.91 Å². The van der Waals surface area contributed by atoms with Crippen LogP contribution in [-0.4, -0.2) is 41.6 Å². The van der Waals surface area contributed by atoms with Crippen LogP contribution in [0.2, 0.25) is 0 Å². The van der Waals surface area contributed by atoms with E-state index in [9.17, 15) is 9.59 Å². The fourth-order valence-corrected chi connectivity index (χ4v) is 3.67. The number of ether oxygens (including phenoxy) is 1. The van der Waals surface area contributed by atoms with Crippen molar-refractivity contribution >= 4 is 17.6 Å². The summed E-state index contributed by atoms with van der Waals surface area (Å²) >= 11 is 0. The van der Waals surface area contributed by atoms with Gasteiger partial charge in [-0.25, -0.2) is 0 Å². The molecule has 156 valence electrons. The van der Waals surface area contributed by atoms with Crippen LogP contribution in [0.5, 0.6) is 5.75 Å². The molecule has 7 heteroatoms. The maximum Gasteiger partial charge on any atom is 0.260 e. The fraction of sp³-hybridized carbons (Fsp3) is 0.500. The number of amides is 2. The Balaban J connectivity index is 1.45. The molecular weight excluding hydrogens is 370 g/mol. The molecule has 0 bridgehead atoms. The van der Waals surface area contributed by atoms with Crippen molar-refractivity contribution < 1.29 is 18.8 Å². The largest absolute Gasteiger partial charge is 0.484 e. The average Bonchev–Trinajstić information content (AvgIpc) is 3.10. The third kappa shape index (κ3) is 5.37. The monoisotopic (exact) mass is 399 g/mol. The molecule has 2 amide bonds. The molecule has 0 atom stereocenters. The number of benzene rings is 1. The first-order chi connectivity index (χ1) is 13.8. The van der Waals surface area contributed by atoms with Gasteiger partial charge >= 0.3 is 0 Å².